The maximum absolute atomic E-state index is 12.2. The molecule has 2 aliphatic rings. The van der Waals surface area contributed by atoms with Gasteiger partial charge < -0.3 is 9.80 Å². The molecule has 2 fully saturated rings. The van der Waals surface area contributed by atoms with Gasteiger partial charge in [-0.25, -0.2) is 4.98 Å². The maximum Gasteiger partial charge on any atom is 0.255 e. The Morgan fingerprint density at radius 1 is 1.08 bits per heavy atom. The largest absolute Gasteiger partial charge is 0.357 e. The van der Waals surface area contributed by atoms with Gasteiger partial charge in [0.05, 0.1) is 11.3 Å². The molecule has 1 aromatic heterocycles. The van der Waals surface area contributed by atoms with Crippen LogP contribution in [0.25, 0.3) is 0 Å². The minimum atomic E-state index is 0.0303. The van der Waals surface area contributed by atoms with Gasteiger partial charge in [-0.2, -0.15) is 0 Å². The van der Waals surface area contributed by atoms with E-state index in [4.69, 9.17) is 4.98 Å². The highest BCUT2D eigenvalue weighted by Crippen LogP contribution is 2.33. The topological polar surface area (TPSA) is 36.4 Å². The second-order valence-corrected chi connectivity index (χ2v) is 8.17. The summed E-state index contributed by atoms with van der Waals surface area (Å²) >= 11 is 0. The quantitative estimate of drug-likeness (QED) is 0.819. The second-order valence-electron chi connectivity index (χ2n) is 8.17. The molecule has 0 spiro atoms. The molecule has 3 rings (SSSR count). The molecular formula is C21H33N3O. The number of pyridine rings is 1. The molecule has 138 valence electrons. The van der Waals surface area contributed by atoms with Crippen molar-refractivity contribution in [1.29, 1.82) is 0 Å². The monoisotopic (exact) mass is 343 g/mol. The van der Waals surface area contributed by atoms with E-state index in [-0.39, 0.29) is 5.91 Å². The van der Waals surface area contributed by atoms with Crippen LogP contribution in [0.2, 0.25) is 0 Å². The smallest absolute Gasteiger partial charge is 0.255 e. The summed E-state index contributed by atoms with van der Waals surface area (Å²) in [6.07, 6.45) is 11.3. The minimum Gasteiger partial charge on any atom is -0.357 e. The number of piperidine rings is 1. The van der Waals surface area contributed by atoms with E-state index < -0.39 is 0 Å². The molecule has 1 saturated heterocycles. The highest BCUT2D eigenvalue weighted by Gasteiger charge is 2.24. The summed E-state index contributed by atoms with van der Waals surface area (Å²) in [7, 11) is 3.57. The van der Waals surface area contributed by atoms with Crippen molar-refractivity contribution in [2.45, 2.75) is 58.3 Å². The van der Waals surface area contributed by atoms with Crippen molar-refractivity contribution in [3.05, 3.63) is 23.4 Å². The Labute approximate surface area is 152 Å². The molecule has 0 unspecified atom stereocenters. The number of amides is 1. The molecule has 2 heterocycles. The number of nitrogens with zero attached hydrogens (tertiary/aromatic N) is 3. The van der Waals surface area contributed by atoms with Gasteiger partial charge in [-0.05, 0) is 50.2 Å². The summed E-state index contributed by atoms with van der Waals surface area (Å²) in [5, 5.41) is 0. The van der Waals surface area contributed by atoms with Gasteiger partial charge in [-0.1, -0.05) is 32.1 Å². The van der Waals surface area contributed by atoms with Crippen molar-refractivity contribution >= 4 is 11.7 Å². The molecule has 1 aliphatic carbocycles. The van der Waals surface area contributed by atoms with Crippen LogP contribution in [-0.2, 0) is 0 Å². The van der Waals surface area contributed by atoms with Gasteiger partial charge in [0, 0.05) is 27.2 Å². The van der Waals surface area contributed by atoms with Gasteiger partial charge >= 0.3 is 0 Å². The molecule has 0 radical (unpaired) electrons. The second kappa shape index (κ2) is 8.20. The number of carbonyl (C=O) groups is 1. The number of aryl methyl sites for hydroxylation is 1. The van der Waals surface area contributed by atoms with Crippen molar-refractivity contribution in [2.75, 3.05) is 32.1 Å². The van der Waals surface area contributed by atoms with Gasteiger partial charge in [-0.3, -0.25) is 4.79 Å². The molecule has 1 aliphatic heterocycles. The number of carbonyl (C=O) groups excluding carboxylic acids is 1. The van der Waals surface area contributed by atoms with Gasteiger partial charge in [0.2, 0.25) is 0 Å². The normalized spacial score (nSPS) is 19.9. The van der Waals surface area contributed by atoms with E-state index in [0.29, 0.717) is 5.56 Å². The van der Waals surface area contributed by atoms with Crippen LogP contribution in [0.15, 0.2) is 12.1 Å². The average molecular weight is 344 g/mol. The van der Waals surface area contributed by atoms with E-state index in [9.17, 15) is 4.79 Å². The van der Waals surface area contributed by atoms with Crippen LogP contribution in [0.3, 0.4) is 0 Å². The lowest BCUT2D eigenvalue weighted by Gasteiger charge is -2.35. The Bertz CT molecular complexity index is 585. The third kappa shape index (κ3) is 4.53. The maximum atomic E-state index is 12.2. The van der Waals surface area contributed by atoms with Crippen LogP contribution in [0.1, 0.15) is 67.4 Å². The summed E-state index contributed by atoms with van der Waals surface area (Å²) in [6, 6.07) is 3.96. The van der Waals surface area contributed by atoms with E-state index in [1.807, 2.05) is 19.1 Å². The van der Waals surface area contributed by atoms with Crippen LogP contribution in [0, 0.1) is 18.8 Å². The van der Waals surface area contributed by atoms with E-state index in [2.05, 4.69) is 4.90 Å². The zero-order valence-corrected chi connectivity index (χ0v) is 16.1. The Kier molecular flexibility index (Phi) is 5.98. The highest BCUT2D eigenvalue weighted by molar-refractivity contribution is 5.95. The number of anilines is 1. The first-order chi connectivity index (χ1) is 12.0. The lowest BCUT2D eigenvalue weighted by molar-refractivity contribution is 0.0826. The molecule has 0 atom stereocenters. The number of hydrogen-bond acceptors (Lipinski definition) is 3. The van der Waals surface area contributed by atoms with Crippen LogP contribution in [0.5, 0.6) is 0 Å². The third-order valence-electron chi connectivity index (χ3n) is 6.04. The van der Waals surface area contributed by atoms with Gasteiger partial charge in [-0.15, -0.1) is 0 Å². The van der Waals surface area contributed by atoms with Crippen molar-refractivity contribution in [3.63, 3.8) is 0 Å². The van der Waals surface area contributed by atoms with Crippen molar-refractivity contribution in [2.24, 2.45) is 11.8 Å². The van der Waals surface area contributed by atoms with Crippen molar-refractivity contribution in [3.8, 4) is 0 Å². The highest BCUT2D eigenvalue weighted by atomic mass is 16.2. The van der Waals surface area contributed by atoms with E-state index in [1.54, 1.807) is 19.0 Å². The molecule has 0 N–H and O–H groups in total. The van der Waals surface area contributed by atoms with Gasteiger partial charge in [0.1, 0.15) is 5.82 Å². The summed E-state index contributed by atoms with van der Waals surface area (Å²) in [6.45, 7) is 4.14. The average Bonchev–Trinajstić information content (AvgIpc) is 2.62. The van der Waals surface area contributed by atoms with Crippen LogP contribution in [0.4, 0.5) is 5.82 Å². The summed E-state index contributed by atoms with van der Waals surface area (Å²) in [5.41, 5.74) is 1.54. The van der Waals surface area contributed by atoms with E-state index in [1.165, 1.54) is 51.4 Å². The third-order valence-corrected chi connectivity index (χ3v) is 6.04. The van der Waals surface area contributed by atoms with Gasteiger partial charge in [0.25, 0.3) is 5.91 Å². The summed E-state index contributed by atoms with van der Waals surface area (Å²) in [4.78, 5) is 20.9. The fraction of sp³-hybridized carbons (Fsp3) is 0.714. The first-order valence-electron chi connectivity index (χ1n) is 9.99. The molecule has 0 bridgehead atoms. The molecule has 1 amide bonds. The lowest BCUT2D eigenvalue weighted by atomic mass is 9.80. The molecule has 4 heteroatoms. The SMILES string of the molecule is Cc1nc(N2CCC(CC3CCCCC3)CC2)ccc1C(=O)N(C)C. The van der Waals surface area contributed by atoms with E-state index >= 15 is 0 Å². The van der Waals surface area contributed by atoms with Crippen LogP contribution < -0.4 is 4.90 Å². The number of hydrogen-bond donors (Lipinski definition) is 0. The number of rotatable bonds is 4. The zero-order chi connectivity index (χ0) is 17.8. The molecule has 1 saturated carbocycles. The van der Waals surface area contributed by atoms with Crippen molar-refractivity contribution < 1.29 is 4.79 Å². The molecule has 25 heavy (non-hydrogen) atoms. The Hall–Kier alpha value is -1.58. The predicted molar refractivity (Wildman–Crippen MR) is 103 cm³/mol. The van der Waals surface area contributed by atoms with Crippen molar-refractivity contribution in [1.82, 2.24) is 9.88 Å². The first kappa shape index (κ1) is 18.2. The summed E-state index contributed by atoms with van der Waals surface area (Å²) < 4.78 is 0. The van der Waals surface area contributed by atoms with Gasteiger partial charge in [0.15, 0.2) is 0 Å². The predicted octanol–water partition coefficient (Wildman–Crippen LogP) is 4.28. The number of aromatic nitrogens is 1. The molecule has 0 aromatic carbocycles. The van der Waals surface area contributed by atoms with E-state index in [0.717, 1.165) is 36.4 Å². The zero-order valence-electron chi connectivity index (χ0n) is 16.1. The van der Waals surface area contributed by atoms with Crippen LogP contribution >= 0.6 is 0 Å². The lowest BCUT2D eigenvalue weighted by Crippen LogP contribution is -2.35. The Morgan fingerprint density at radius 2 is 1.72 bits per heavy atom. The Balaban J connectivity index is 1.55. The molecule has 1 aromatic rings. The minimum absolute atomic E-state index is 0.0303. The fourth-order valence-corrected chi connectivity index (χ4v) is 4.48. The van der Waals surface area contributed by atoms with Crippen LogP contribution in [-0.4, -0.2) is 43.0 Å². The molecular weight excluding hydrogens is 310 g/mol. The first-order valence-corrected chi connectivity index (χ1v) is 9.99. The standard InChI is InChI=1S/C21H33N3O/c1-16-19(21(25)23(2)3)9-10-20(22-16)24-13-11-18(12-14-24)15-17-7-5-4-6-8-17/h9-10,17-18H,4-8,11-15H2,1-3H3. The summed E-state index contributed by atoms with van der Waals surface area (Å²) in [5.74, 6) is 2.95. The fourth-order valence-electron chi connectivity index (χ4n) is 4.48. The molecule has 4 nitrogen and oxygen atoms in total. The Morgan fingerprint density at radius 3 is 2.32 bits per heavy atom.